The van der Waals surface area contributed by atoms with E-state index in [1.54, 1.807) is 0 Å². The topological polar surface area (TPSA) is 24.9 Å². The van der Waals surface area contributed by atoms with Crippen molar-refractivity contribution in [1.29, 1.82) is 0 Å². The van der Waals surface area contributed by atoms with E-state index in [0.717, 1.165) is 11.5 Å². The Labute approximate surface area is 159 Å². The average Bonchev–Trinajstić information content (AvgIpc) is 2.46. The van der Waals surface area contributed by atoms with Crippen LogP contribution >= 0.6 is 30.0 Å². The van der Waals surface area contributed by atoms with Crippen molar-refractivity contribution in [2.45, 2.75) is 91.8 Å². The zero-order chi connectivity index (χ0) is 18.4. The van der Waals surface area contributed by atoms with Crippen LogP contribution in [0, 0.1) is 0 Å². The summed E-state index contributed by atoms with van der Waals surface area (Å²) < 4.78 is 17.6. The highest BCUT2D eigenvalue weighted by Gasteiger charge is 2.39. The fourth-order valence-corrected chi connectivity index (χ4v) is 8.16. The molecule has 1 aliphatic rings. The number of ether oxygens (including phenoxy) is 1. The van der Waals surface area contributed by atoms with Gasteiger partial charge in [-0.15, -0.1) is 0 Å². The van der Waals surface area contributed by atoms with Gasteiger partial charge in [-0.25, -0.2) is 9.34 Å². The molecule has 0 saturated carbocycles. The average molecular weight is 397 g/mol. The molecule has 0 amide bonds. The van der Waals surface area contributed by atoms with E-state index in [1.807, 2.05) is 28.7 Å². The second-order valence-corrected chi connectivity index (χ2v) is 11.6. The van der Waals surface area contributed by atoms with Gasteiger partial charge in [-0.2, -0.15) is 0 Å². The molecule has 1 rings (SSSR count). The van der Waals surface area contributed by atoms with Gasteiger partial charge < -0.3 is 9.26 Å². The van der Waals surface area contributed by atoms with Crippen molar-refractivity contribution in [3.63, 3.8) is 0 Å². The van der Waals surface area contributed by atoms with E-state index in [0.29, 0.717) is 24.2 Å². The Morgan fingerprint density at radius 2 is 1.12 bits per heavy atom. The summed E-state index contributed by atoms with van der Waals surface area (Å²) in [6.45, 7) is 18.2. The minimum absolute atomic E-state index is 0.160. The first-order valence-electron chi connectivity index (χ1n) is 9.01. The summed E-state index contributed by atoms with van der Waals surface area (Å²) in [5, 5.41) is 0. The molecule has 0 unspecified atom stereocenters. The lowest BCUT2D eigenvalue weighted by Crippen LogP contribution is -2.46. The first kappa shape index (κ1) is 23.0. The third-order valence-corrected chi connectivity index (χ3v) is 9.52. The summed E-state index contributed by atoms with van der Waals surface area (Å²) in [5.74, 6) is 2.00. The van der Waals surface area contributed by atoms with Gasteiger partial charge in [0.15, 0.2) is 8.45 Å². The van der Waals surface area contributed by atoms with Crippen molar-refractivity contribution in [3.05, 3.63) is 0 Å². The van der Waals surface area contributed by atoms with E-state index < -0.39 is 8.45 Å². The van der Waals surface area contributed by atoms with Gasteiger partial charge in [-0.05, 0) is 55.4 Å². The van der Waals surface area contributed by atoms with Crippen molar-refractivity contribution < 1.29 is 9.26 Å². The van der Waals surface area contributed by atoms with Gasteiger partial charge >= 0.3 is 0 Å². The van der Waals surface area contributed by atoms with Crippen LogP contribution in [0.4, 0.5) is 0 Å². The first-order valence-corrected chi connectivity index (χ1v) is 12.7. The van der Waals surface area contributed by atoms with Crippen molar-refractivity contribution in [2.75, 3.05) is 18.6 Å². The summed E-state index contributed by atoms with van der Waals surface area (Å²) in [6, 6.07) is 1.79. The summed E-state index contributed by atoms with van der Waals surface area (Å²) in [6.07, 6.45) is 0.343. The number of methoxy groups -OCH3 is 1. The molecule has 1 fully saturated rings. The molecule has 0 aromatic heterocycles. The maximum Gasteiger partial charge on any atom is 0.189 e. The fourth-order valence-electron chi connectivity index (χ4n) is 3.10. The van der Waals surface area contributed by atoms with E-state index in [1.165, 1.54) is 0 Å². The van der Waals surface area contributed by atoms with Gasteiger partial charge in [-0.3, -0.25) is 0 Å². The quantitative estimate of drug-likeness (QED) is 0.390. The zero-order valence-corrected chi connectivity index (χ0v) is 19.4. The molecule has 0 aromatic carbocycles. The predicted octanol–water partition coefficient (Wildman–Crippen LogP) is 5.25. The minimum Gasteiger partial charge on any atom is -0.378 e. The molecule has 4 nitrogen and oxygen atoms in total. The van der Waals surface area contributed by atoms with Crippen LogP contribution in [0.2, 0.25) is 0 Å². The largest absolute Gasteiger partial charge is 0.378 e. The van der Waals surface area contributed by atoms with Crippen molar-refractivity contribution >= 4 is 30.0 Å². The molecule has 0 aliphatic carbocycles. The number of hydrogen-bond acceptors (Lipinski definition) is 6. The van der Waals surface area contributed by atoms with Crippen molar-refractivity contribution in [3.8, 4) is 0 Å². The highest BCUT2D eigenvalue weighted by atomic mass is 33.1. The minimum atomic E-state index is -0.836. The normalized spacial score (nSPS) is 23.0. The standard InChI is InChI=1S/C17H37N2O2PS2/c1-12(2)18(13(3)4)22(19(14(5)6)15(7)8)21-17-11-24-23-10-16(17)20-9/h12-17H,10-11H2,1-9H3/t16-,17-/m0/s1. The van der Waals surface area contributed by atoms with Crippen LogP contribution in [0.5, 0.6) is 0 Å². The Morgan fingerprint density at radius 1 is 0.750 bits per heavy atom. The van der Waals surface area contributed by atoms with Gasteiger partial charge in [0.1, 0.15) is 6.10 Å². The lowest BCUT2D eigenvalue weighted by molar-refractivity contribution is 0.0212. The molecule has 1 saturated heterocycles. The van der Waals surface area contributed by atoms with Crippen LogP contribution in [-0.2, 0) is 9.26 Å². The third-order valence-electron chi connectivity index (χ3n) is 4.01. The molecule has 0 bridgehead atoms. The van der Waals surface area contributed by atoms with Crippen LogP contribution in [0.15, 0.2) is 0 Å². The molecular formula is C17H37N2O2PS2. The SMILES string of the molecule is CO[C@H]1CSSC[C@@H]1OP(N(C(C)C)C(C)C)N(C(C)C)C(C)C. The van der Waals surface area contributed by atoms with Crippen LogP contribution in [0.1, 0.15) is 55.4 Å². The lowest BCUT2D eigenvalue weighted by atomic mass is 10.2. The molecule has 0 aromatic rings. The molecule has 144 valence electrons. The van der Waals surface area contributed by atoms with Crippen LogP contribution < -0.4 is 0 Å². The molecule has 2 atom stereocenters. The molecule has 1 aliphatic heterocycles. The fraction of sp³-hybridized carbons (Fsp3) is 1.00. The van der Waals surface area contributed by atoms with E-state index in [-0.39, 0.29) is 12.2 Å². The maximum absolute atomic E-state index is 6.82. The molecule has 1 heterocycles. The molecule has 24 heavy (non-hydrogen) atoms. The maximum atomic E-state index is 6.82. The summed E-state index contributed by atoms with van der Waals surface area (Å²) in [5.41, 5.74) is 0. The molecule has 0 radical (unpaired) electrons. The third kappa shape index (κ3) is 6.29. The Bertz CT molecular complexity index is 323. The Hall–Kier alpha value is 0.970. The van der Waals surface area contributed by atoms with Gasteiger partial charge in [0.25, 0.3) is 0 Å². The summed E-state index contributed by atoms with van der Waals surface area (Å²) in [7, 11) is 4.77. The molecule has 0 N–H and O–H groups in total. The second-order valence-electron chi connectivity index (χ2n) is 7.37. The second kappa shape index (κ2) is 11.0. The zero-order valence-electron chi connectivity index (χ0n) is 16.9. The highest BCUT2D eigenvalue weighted by molar-refractivity contribution is 8.76. The Morgan fingerprint density at radius 3 is 1.46 bits per heavy atom. The molecular weight excluding hydrogens is 359 g/mol. The van der Waals surface area contributed by atoms with E-state index in [2.05, 4.69) is 64.7 Å². The lowest BCUT2D eigenvalue weighted by Gasteiger charge is -2.47. The summed E-state index contributed by atoms with van der Waals surface area (Å²) >= 11 is 0. The van der Waals surface area contributed by atoms with Crippen LogP contribution in [-0.4, -0.2) is 64.3 Å². The van der Waals surface area contributed by atoms with Gasteiger partial charge in [0, 0.05) is 42.8 Å². The number of rotatable bonds is 9. The molecule has 0 spiro atoms. The Balaban J connectivity index is 3.11. The smallest absolute Gasteiger partial charge is 0.189 e. The molecule has 7 heteroatoms. The van der Waals surface area contributed by atoms with E-state index in [9.17, 15) is 0 Å². The predicted molar refractivity (Wildman–Crippen MR) is 112 cm³/mol. The monoisotopic (exact) mass is 396 g/mol. The van der Waals surface area contributed by atoms with Crippen molar-refractivity contribution in [2.24, 2.45) is 0 Å². The summed E-state index contributed by atoms with van der Waals surface area (Å²) in [4.78, 5) is 0. The van der Waals surface area contributed by atoms with Crippen LogP contribution in [0.3, 0.4) is 0 Å². The first-order chi connectivity index (χ1) is 11.2. The van der Waals surface area contributed by atoms with Crippen molar-refractivity contribution in [1.82, 2.24) is 9.34 Å². The number of hydrogen-bond donors (Lipinski definition) is 0. The van der Waals surface area contributed by atoms with Gasteiger partial charge in [0.05, 0.1) is 6.10 Å². The van der Waals surface area contributed by atoms with Crippen LogP contribution in [0.25, 0.3) is 0 Å². The van der Waals surface area contributed by atoms with E-state index in [4.69, 9.17) is 9.26 Å². The van der Waals surface area contributed by atoms with Gasteiger partial charge in [-0.1, -0.05) is 21.6 Å². The van der Waals surface area contributed by atoms with E-state index >= 15 is 0 Å². The Kier molecular flexibility index (Phi) is 10.5. The van der Waals surface area contributed by atoms with Gasteiger partial charge in [0.2, 0.25) is 0 Å². The number of nitrogens with zero attached hydrogens (tertiary/aromatic N) is 2. The highest BCUT2D eigenvalue weighted by Crippen LogP contribution is 2.53.